The molecule has 0 saturated heterocycles. The molecule has 1 atom stereocenters. The Morgan fingerprint density at radius 2 is 2.44 bits per heavy atom. The van der Waals surface area contributed by atoms with Gasteiger partial charge in [0.25, 0.3) is 0 Å². The molecule has 0 amide bonds. The predicted octanol–water partition coefficient (Wildman–Crippen LogP) is 0.533. The van der Waals surface area contributed by atoms with Crippen LogP contribution in [-0.4, -0.2) is 24.3 Å². The summed E-state index contributed by atoms with van der Waals surface area (Å²) in [5.74, 6) is 0. The fourth-order valence-corrected chi connectivity index (χ4v) is 0.492. The average Bonchev–Trinajstić information content (AvgIpc) is 1.89. The van der Waals surface area contributed by atoms with Crippen LogP contribution in [0, 0.1) is 0 Å². The summed E-state index contributed by atoms with van der Waals surface area (Å²) >= 11 is 0. The van der Waals surface area contributed by atoms with Crippen molar-refractivity contribution in [3.63, 3.8) is 0 Å². The lowest BCUT2D eigenvalue weighted by Gasteiger charge is -2.06. The molecular formula is C7H15NO. The molecule has 0 radical (unpaired) electrons. The van der Waals surface area contributed by atoms with E-state index in [1.165, 1.54) is 0 Å². The van der Waals surface area contributed by atoms with Gasteiger partial charge in [0.1, 0.15) is 0 Å². The van der Waals surface area contributed by atoms with Crippen LogP contribution in [0.25, 0.3) is 0 Å². The third kappa shape index (κ3) is 5.53. The van der Waals surface area contributed by atoms with Gasteiger partial charge in [0.05, 0.1) is 0 Å². The van der Waals surface area contributed by atoms with Gasteiger partial charge in [-0.3, -0.25) is 0 Å². The van der Waals surface area contributed by atoms with E-state index in [2.05, 4.69) is 11.9 Å². The molecule has 9 heavy (non-hydrogen) atoms. The van der Waals surface area contributed by atoms with Crippen LogP contribution in [0.4, 0.5) is 0 Å². The van der Waals surface area contributed by atoms with Crippen LogP contribution in [0.2, 0.25) is 0 Å². The highest BCUT2D eigenvalue weighted by Gasteiger charge is 1.90. The number of aliphatic hydroxyl groups excluding tert-OH is 1. The van der Waals surface area contributed by atoms with Crippen LogP contribution in [0.1, 0.15) is 13.3 Å². The molecule has 2 N–H and O–H groups in total. The molecule has 0 heterocycles. The monoisotopic (exact) mass is 129 g/mol. The first-order valence-electron chi connectivity index (χ1n) is 3.28. The lowest BCUT2D eigenvalue weighted by atomic mass is 10.3. The highest BCUT2D eigenvalue weighted by molar-refractivity contribution is 4.80. The predicted molar refractivity (Wildman–Crippen MR) is 39.4 cm³/mol. The molecule has 0 rings (SSSR count). The molecule has 0 fully saturated rings. The van der Waals surface area contributed by atoms with Gasteiger partial charge in [0.15, 0.2) is 0 Å². The molecular weight excluding hydrogens is 114 g/mol. The molecule has 0 saturated carbocycles. The van der Waals surface area contributed by atoms with E-state index in [0.717, 1.165) is 13.0 Å². The van der Waals surface area contributed by atoms with E-state index in [1.807, 2.05) is 13.0 Å². The maximum Gasteiger partial charge on any atom is 0.0443 e. The number of hydrogen-bond acceptors (Lipinski definition) is 2. The zero-order valence-electron chi connectivity index (χ0n) is 5.93. The smallest absolute Gasteiger partial charge is 0.0443 e. The number of hydrogen-bond donors (Lipinski definition) is 2. The quantitative estimate of drug-likeness (QED) is 0.419. The third-order valence-corrected chi connectivity index (χ3v) is 1.15. The minimum absolute atomic E-state index is 0.261. The van der Waals surface area contributed by atoms with Gasteiger partial charge in [-0.05, 0) is 19.9 Å². The van der Waals surface area contributed by atoms with Crippen molar-refractivity contribution in [1.82, 2.24) is 5.32 Å². The van der Waals surface area contributed by atoms with Gasteiger partial charge in [0.2, 0.25) is 0 Å². The normalized spacial score (nSPS) is 13.1. The summed E-state index contributed by atoms with van der Waals surface area (Å²) < 4.78 is 0. The molecule has 0 spiro atoms. The van der Waals surface area contributed by atoms with Crippen LogP contribution in [-0.2, 0) is 0 Å². The second kappa shape index (κ2) is 5.79. The minimum Gasteiger partial charge on any atom is -0.396 e. The van der Waals surface area contributed by atoms with Crippen molar-refractivity contribution in [2.45, 2.75) is 19.4 Å². The van der Waals surface area contributed by atoms with Crippen molar-refractivity contribution in [2.24, 2.45) is 0 Å². The molecule has 0 aromatic heterocycles. The molecule has 0 aromatic carbocycles. The Morgan fingerprint density at radius 3 is 2.89 bits per heavy atom. The lowest BCUT2D eigenvalue weighted by molar-refractivity contribution is 0.285. The first-order valence-corrected chi connectivity index (χ1v) is 3.28. The van der Waals surface area contributed by atoms with E-state index in [-0.39, 0.29) is 6.61 Å². The van der Waals surface area contributed by atoms with Crippen LogP contribution < -0.4 is 5.32 Å². The Hall–Kier alpha value is -0.340. The van der Waals surface area contributed by atoms with E-state index in [1.54, 1.807) is 0 Å². The summed E-state index contributed by atoms with van der Waals surface area (Å²) in [6.07, 6.45) is 2.66. The van der Waals surface area contributed by atoms with E-state index in [9.17, 15) is 0 Å². The lowest BCUT2D eigenvalue weighted by Crippen LogP contribution is -2.25. The molecule has 0 bridgehead atoms. The Labute approximate surface area is 56.6 Å². The van der Waals surface area contributed by atoms with Crippen LogP contribution in [0.15, 0.2) is 12.7 Å². The van der Waals surface area contributed by atoms with Gasteiger partial charge < -0.3 is 10.4 Å². The van der Waals surface area contributed by atoms with Crippen molar-refractivity contribution in [3.8, 4) is 0 Å². The van der Waals surface area contributed by atoms with Crippen molar-refractivity contribution < 1.29 is 5.11 Å². The van der Waals surface area contributed by atoms with Gasteiger partial charge in [-0.25, -0.2) is 0 Å². The topological polar surface area (TPSA) is 32.3 Å². The molecule has 54 valence electrons. The van der Waals surface area contributed by atoms with Crippen LogP contribution in [0.3, 0.4) is 0 Å². The molecule has 2 heteroatoms. The Bertz CT molecular complexity index is 73.3. The molecule has 1 unspecified atom stereocenters. The second-order valence-corrected chi connectivity index (χ2v) is 2.06. The van der Waals surface area contributed by atoms with E-state index in [0.29, 0.717) is 6.04 Å². The molecule has 0 aliphatic rings. The van der Waals surface area contributed by atoms with Gasteiger partial charge >= 0.3 is 0 Å². The fourth-order valence-electron chi connectivity index (χ4n) is 0.492. The van der Waals surface area contributed by atoms with Gasteiger partial charge in [-0.1, -0.05) is 6.08 Å². The maximum absolute atomic E-state index is 8.39. The maximum atomic E-state index is 8.39. The fraction of sp³-hybridized carbons (Fsp3) is 0.714. The summed E-state index contributed by atoms with van der Waals surface area (Å²) in [5, 5.41) is 11.5. The van der Waals surface area contributed by atoms with Crippen LogP contribution in [0.5, 0.6) is 0 Å². The zero-order chi connectivity index (χ0) is 7.11. The summed E-state index contributed by atoms with van der Waals surface area (Å²) in [7, 11) is 0. The zero-order valence-corrected chi connectivity index (χ0v) is 5.93. The largest absolute Gasteiger partial charge is 0.396 e. The Kier molecular flexibility index (Phi) is 5.57. The van der Waals surface area contributed by atoms with Crippen LogP contribution >= 0.6 is 0 Å². The minimum atomic E-state index is 0.261. The number of aliphatic hydroxyl groups is 1. The van der Waals surface area contributed by atoms with Crippen molar-refractivity contribution in [3.05, 3.63) is 12.7 Å². The highest BCUT2D eigenvalue weighted by Crippen LogP contribution is 1.81. The van der Waals surface area contributed by atoms with Gasteiger partial charge in [-0.2, -0.15) is 0 Å². The standard InChI is InChI=1S/C7H15NO/c1-3-7(2)8-5-4-6-9/h3,7-9H,1,4-6H2,2H3. The van der Waals surface area contributed by atoms with Gasteiger partial charge in [0, 0.05) is 12.6 Å². The van der Waals surface area contributed by atoms with Crippen molar-refractivity contribution in [2.75, 3.05) is 13.2 Å². The van der Waals surface area contributed by atoms with Crippen molar-refractivity contribution >= 4 is 0 Å². The molecule has 2 nitrogen and oxygen atoms in total. The van der Waals surface area contributed by atoms with Crippen molar-refractivity contribution in [1.29, 1.82) is 0 Å². The third-order valence-electron chi connectivity index (χ3n) is 1.15. The molecule has 0 aliphatic carbocycles. The average molecular weight is 129 g/mol. The van der Waals surface area contributed by atoms with E-state index >= 15 is 0 Å². The van der Waals surface area contributed by atoms with Gasteiger partial charge in [-0.15, -0.1) is 6.58 Å². The molecule has 0 aromatic rings. The molecule has 0 aliphatic heterocycles. The summed E-state index contributed by atoms with van der Waals surface area (Å²) in [4.78, 5) is 0. The SMILES string of the molecule is C=CC(C)NCCCO. The Balaban J connectivity index is 2.96. The first kappa shape index (κ1) is 8.66. The number of rotatable bonds is 5. The summed E-state index contributed by atoms with van der Waals surface area (Å²) in [5.41, 5.74) is 0. The second-order valence-electron chi connectivity index (χ2n) is 2.06. The highest BCUT2D eigenvalue weighted by atomic mass is 16.3. The Morgan fingerprint density at radius 1 is 1.78 bits per heavy atom. The van der Waals surface area contributed by atoms with E-state index < -0.39 is 0 Å². The van der Waals surface area contributed by atoms with E-state index in [4.69, 9.17) is 5.11 Å². The summed E-state index contributed by atoms with van der Waals surface area (Å²) in [6, 6.07) is 0.358. The first-order chi connectivity index (χ1) is 4.31. The number of nitrogens with one attached hydrogen (secondary N) is 1. The summed E-state index contributed by atoms with van der Waals surface area (Å²) in [6.45, 7) is 6.77.